The summed E-state index contributed by atoms with van der Waals surface area (Å²) >= 11 is 0. The van der Waals surface area contributed by atoms with Crippen LogP contribution in [0.2, 0.25) is 0 Å². The van der Waals surface area contributed by atoms with Gasteiger partial charge in [0.25, 0.3) is 0 Å². The Morgan fingerprint density at radius 2 is 1.72 bits per heavy atom. The second kappa shape index (κ2) is 9.74. The molecule has 18 heavy (non-hydrogen) atoms. The first-order valence-electron chi connectivity index (χ1n) is 6.84. The van der Waals surface area contributed by atoms with Crippen molar-refractivity contribution in [3.05, 3.63) is 0 Å². The van der Waals surface area contributed by atoms with Crippen molar-refractivity contribution in [3.8, 4) is 0 Å². The van der Waals surface area contributed by atoms with Gasteiger partial charge in [0.15, 0.2) is 0 Å². The van der Waals surface area contributed by atoms with Gasteiger partial charge in [-0.05, 0) is 19.3 Å². The van der Waals surface area contributed by atoms with E-state index >= 15 is 0 Å². The molecule has 5 nitrogen and oxygen atoms in total. The highest BCUT2D eigenvalue weighted by Gasteiger charge is 2.20. The van der Waals surface area contributed by atoms with Crippen LogP contribution in [0.15, 0.2) is 0 Å². The summed E-state index contributed by atoms with van der Waals surface area (Å²) in [5, 5.41) is 14.3. The van der Waals surface area contributed by atoms with Gasteiger partial charge in [-0.1, -0.05) is 40.0 Å². The maximum atomic E-state index is 11.7. The fourth-order valence-electron chi connectivity index (χ4n) is 1.78. The van der Waals surface area contributed by atoms with Gasteiger partial charge in [-0.3, -0.25) is 0 Å². The molecule has 0 saturated carbocycles. The molecular formula is C13H26N2O3. The fourth-order valence-corrected chi connectivity index (χ4v) is 1.78. The number of carbonyl (C=O) groups excluding carboxylic acids is 1. The van der Waals surface area contributed by atoms with Crippen molar-refractivity contribution in [1.29, 1.82) is 0 Å². The third kappa shape index (κ3) is 7.14. The van der Waals surface area contributed by atoms with Crippen LogP contribution < -0.4 is 10.6 Å². The van der Waals surface area contributed by atoms with Gasteiger partial charge >= 0.3 is 12.0 Å². The molecule has 0 heterocycles. The number of aliphatic carboxylic acids is 1. The zero-order valence-electron chi connectivity index (χ0n) is 11.7. The fraction of sp³-hybridized carbons (Fsp3) is 0.846. The SMILES string of the molecule is CCCC[C@H](NC(=O)NC(CC)CCC)C(=O)O. The zero-order chi connectivity index (χ0) is 14.0. The van der Waals surface area contributed by atoms with Crippen LogP contribution in [0.25, 0.3) is 0 Å². The van der Waals surface area contributed by atoms with Gasteiger partial charge in [0, 0.05) is 6.04 Å². The number of nitrogens with one attached hydrogen (secondary N) is 2. The minimum atomic E-state index is -0.970. The molecule has 0 aliphatic heterocycles. The Bertz CT molecular complexity index is 257. The zero-order valence-corrected chi connectivity index (χ0v) is 11.7. The van der Waals surface area contributed by atoms with Crippen LogP contribution in [-0.2, 0) is 4.79 Å². The average molecular weight is 258 g/mol. The van der Waals surface area contributed by atoms with E-state index in [0.717, 1.165) is 32.1 Å². The van der Waals surface area contributed by atoms with Crippen LogP contribution in [0, 0.1) is 0 Å². The molecule has 0 aliphatic carbocycles. The molecule has 5 heteroatoms. The smallest absolute Gasteiger partial charge is 0.326 e. The summed E-state index contributed by atoms with van der Waals surface area (Å²) in [6.45, 7) is 6.06. The molecular weight excluding hydrogens is 232 g/mol. The van der Waals surface area contributed by atoms with Crippen molar-refractivity contribution in [2.75, 3.05) is 0 Å². The standard InChI is InChI=1S/C13H26N2O3/c1-4-7-9-11(12(16)17)15-13(18)14-10(6-3)8-5-2/h10-11H,4-9H2,1-3H3,(H,16,17)(H2,14,15,18)/t10?,11-/m0/s1. The number of hydrogen-bond acceptors (Lipinski definition) is 2. The molecule has 0 aromatic heterocycles. The summed E-state index contributed by atoms with van der Waals surface area (Å²) in [6.07, 6.45) is 4.95. The van der Waals surface area contributed by atoms with E-state index in [-0.39, 0.29) is 12.1 Å². The first kappa shape index (κ1) is 16.7. The van der Waals surface area contributed by atoms with Crippen LogP contribution in [0.1, 0.15) is 59.3 Å². The van der Waals surface area contributed by atoms with Gasteiger partial charge in [-0.2, -0.15) is 0 Å². The summed E-state index contributed by atoms with van der Waals surface area (Å²) in [7, 11) is 0. The molecule has 0 fully saturated rings. The van der Waals surface area contributed by atoms with E-state index in [9.17, 15) is 9.59 Å². The van der Waals surface area contributed by atoms with Crippen molar-refractivity contribution in [3.63, 3.8) is 0 Å². The number of hydrogen-bond donors (Lipinski definition) is 3. The Hall–Kier alpha value is -1.26. The molecule has 0 aromatic rings. The molecule has 0 spiro atoms. The van der Waals surface area contributed by atoms with E-state index in [0.29, 0.717) is 6.42 Å². The maximum absolute atomic E-state index is 11.7. The molecule has 0 saturated heterocycles. The number of rotatable bonds is 9. The van der Waals surface area contributed by atoms with E-state index < -0.39 is 12.0 Å². The number of urea groups is 1. The van der Waals surface area contributed by atoms with Crippen molar-refractivity contribution < 1.29 is 14.7 Å². The third-order valence-electron chi connectivity index (χ3n) is 2.91. The second-order valence-corrected chi connectivity index (χ2v) is 4.54. The summed E-state index contributed by atoms with van der Waals surface area (Å²) < 4.78 is 0. The maximum Gasteiger partial charge on any atom is 0.326 e. The van der Waals surface area contributed by atoms with Crippen LogP contribution in [0.4, 0.5) is 4.79 Å². The molecule has 0 bridgehead atoms. The predicted molar refractivity (Wildman–Crippen MR) is 71.6 cm³/mol. The number of carboxylic acids is 1. The first-order valence-corrected chi connectivity index (χ1v) is 6.84. The predicted octanol–water partition coefficient (Wildman–Crippen LogP) is 2.51. The second-order valence-electron chi connectivity index (χ2n) is 4.54. The minimum Gasteiger partial charge on any atom is -0.480 e. The Balaban J connectivity index is 4.19. The number of carboxylic acid groups (broad SMARTS) is 1. The Morgan fingerprint density at radius 3 is 2.17 bits per heavy atom. The van der Waals surface area contributed by atoms with E-state index in [4.69, 9.17) is 5.11 Å². The molecule has 3 N–H and O–H groups in total. The van der Waals surface area contributed by atoms with Gasteiger partial charge in [-0.25, -0.2) is 9.59 Å². The molecule has 0 aliphatic rings. The number of amides is 2. The number of carbonyl (C=O) groups is 2. The van der Waals surface area contributed by atoms with Crippen molar-refractivity contribution in [1.82, 2.24) is 10.6 Å². The van der Waals surface area contributed by atoms with E-state index in [1.807, 2.05) is 13.8 Å². The lowest BCUT2D eigenvalue weighted by Crippen LogP contribution is -2.48. The van der Waals surface area contributed by atoms with E-state index in [1.165, 1.54) is 0 Å². The summed E-state index contributed by atoms with van der Waals surface area (Å²) in [5.74, 6) is -0.970. The van der Waals surface area contributed by atoms with Crippen LogP contribution in [0.5, 0.6) is 0 Å². The van der Waals surface area contributed by atoms with Crippen LogP contribution in [-0.4, -0.2) is 29.2 Å². The van der Waals surface area contributed by atoms with Crippen molar-refractivity contribution in [2.24, 2.45) is 0 Å². The van der Waals surface area contributed by atoms with E-state index in [2.05, 4.69) is 17.6 Å². The normalized spacial score (nSPS) is 13.7. The highest BCUT2D eigenvalue weighted by molar-refractivity contribution is 5.82. The van der Waals surface area contributed by atoms with Crippen molar-refractivity contribution in [2.45, 2.75) is 71.4 Å². The third-order valence-corrected chi connectivity index (χ3v) is 2.91. The largest absolute Gasteiger partial charge is 0.480 e. The topological polar surface area (TPSA) is 78.4 Å². The summed E-state index contributed by atoms with van der Waals surface area (Å²) in [6, 6.07) is -1.04. The van der Waals surface area contributed by atoms with Crippen LogP contribution in [0.3, 0.4) is 0 Å². The number of unbranched alkanes of at least 4 members (excludes halogenated alkanes) is 1. The Morgan fingerprint density at radius 1 is 1.06 bits per heavy atom. The molecule has 2 amide bonds. The molecule has 0 radical (unpaired) electrons. The van der Waals surface area contributed by atoms with Gasteiger partial charge in [0.1, 0.15) is 6.04 Å². The minimum absolute atomic E-state index is 0.121. The van der Waals surface area contributed by atoms with Gasteiger partial charge < -0.3 is 15.7 Å². The molecule has 0 aromatic carbocycles. The first-order chi connectivity index (χ1) is 8.54. The van der Waals surface area contributed by atoms with E-state index in [1.54, 1.807) is 0 Å². The highest BCUT2D eigenvalue weighted by atomic mass is 16.4. The average Bonchev–Trinajstić information content (AvgIpc) is 2.33. The van der Waals surface area contributed by atoms with Gasteiger partial charge in [0.2, 0.25) is 0 Å². The van der Waals surface area contributed by atoms with Crippen molar-refractivity contribution >= 4 is 12.0 Å². The molecule has 1 unspecified atom stereocenters. The lowest BCUT2D eigenvalue weighted by Gasteiger charge is -2.19. The molecule has 2 atom stereocenters. The Labute approximate surface area is 109 Å². The lowest BCUT2D eigenvalue weighted by atomic mass is 10.1. The van der Waals surface area contributed by atoms with Gasteiger partial charge in [0.05, 0.1) is 0 Å². The lowest BCUT2D eigenvalue weighted by molar-refractivity contribution is -0.139. The monoisotopic (exact) mass is 258 g/mol. The van der Waals surface area contributed by atoms with Crippen LogP contribution >= 0.6 is 0 Å². The summed E-state index contributed by atoms with van der Waals surface area (Å²) in [5.41, 5.74) is 0. The summed E-state index contributed by atoms with van der Waals surface area (Å²) in [4.78, 5) is 22.7. The Kier molecular flexibility index (Phi) is 9.06. The van der Waals surface area contributed by atoms with Gasteiger partial charge in [-0.15, -0.1) is 0 Å². The highest BCUT2D eigenvalue weighted by Crippen LogP contribution is 2.03. The molecule has 106 valence electrons. The molecule has 0 rings (SSSR count). The quantitative estimate of drug-likeness (QED) is 0.594.